The predicted molar refractivity (Wildman–Crippen MR) is 137 cm³/mol. The molecule has 0 aliphatic carbocycles. The molecule has 3 rings (SSSR count). The minimum absolute atomic E-state index is 0.0505. The van der Waals surface area contributed by atoms with Gasteiger partial charge in [0.25, 0.3) is 5.91 Å². The molecule has 0 spiro atoms. The molecule has 9 nitrogen and oxygen atoms in total. The lowest BCUT2D eigenvalue weighted by molar-refractivity contribution is -0.136. The van der Waals surface area contributed by atoms with Crippen molar-refractivity contribution in [2.24, 2.45) is 16.6 Å². The first-order valence-corrected chi connectivity index (χ1v) is 12.1. The van der Waals surface area contributed by atoms with Crippen LogP contribution in [0.5, 0.6) is 0 Å². The molecule has 0 unspecified atom stereocenters. The van der Waals surface area contributed by atoms with E-state index >= 15 is 0 Å². The number of methoxy groups -OCH3 is 1. The molecule has 1 aromatic carbocycles. The van der Waals surface area contributed by atoms with Gasteiger partial charge in [-0.3, -0.25) is 4.79 Å². The van der Waals surface area contributed by atoms with Crippen LogP contribution in [0.15, 0.2) is 46.2 Å². The zero-order valence-corrected chi connectivity index (χ0v) is 21.4. The van der Waals surface area contributed by atoms with Crippen LogP contribution in [0.25, 0.3) is 0 Å². The average Bonchev–Trinajstić information content (AvgIpc) is 3.20. The molecule has 1 atom stereocenters. The lowest BCUT2D eigenvalue weighted by atomic mass is 10.1. The van der Waals surface area contributed by atoms with Crippen molar-refractivity contribution in [2.75, 3.05) is 40.4 Å². The number of ether oxygens (including phenoxy) is 2. The van der Waals surface area contributed by atoms with E-state index < -0.39 is 5.97 Å². The second kappa shape index (κ2) is 12.1. The van der Waals surface area contributed by atoms with Gasteiger partial charge in [0.15, 0.2) is 0 Å². The molecule has 1 amide bonds. The van der Waals surface area contributed by atoms with Crippen LogP contribution in [0.4, 0.5) is 5.69 Å². The fourth-order valence-electron chi connectivity index (χ4n) is 3.95. The number of aliphatic imine (C=N–C) groups is 1. The van der Waals surface area contributed by atoms with Crippen molar-refractivity contribution in [3.8, 4) is 0 Å². The number of halogens is 1. The molecule has 10 heteroatoms. The first kappa shape index (κ1) is 26.6. The molecular weight excluding hydrogens is 470 g/mol. The highest BCUT2D eigenvalue weighted by Gasteiger charge is 2.28. The number of amides is 1. The Balaban J connectivity index is 1.78. The summed E-state index contributed by atoms with van der Waals surface area (Å²) >= 11 is 6.48. The van der Waals surface area contributed by atoms with Gasteiger partial charge in [-0.25, -0.2) is 9.79 Å². The Kier molecular flexibility index (Phi) is 9.17. The SMILES string of the molecule is CNC1=C(C(N)=Nc2ccc(C(=O)N3CC[C@@H](OCC(C)C)C3)c(Cl)c2)C=C(C(=O)OC)CCN1. The maximum Gasteiger partial charge on any atom is 0.333 e. The van der Waals surface area contributed by atoms with Gasteiger partial charge in [-0.15, -0.1) is 0 Å². The van der Waals surface area contributed by atoms with Gasteiger partial charge in [0.05, 0.1) is 35.1 Å². The number of hydrogen-bond donors (Lipinski definition) is 3. The monoisotopic (exact) mass is 503 g/mol. The van der Waals surface area contributed by atoms with Crippen molar-refractivity contribution < 1.29 is 19.1 Å². The highest BCUT2D eigenvalue weighted by atomic mass is 35.5. The van der Waals surface area contributed by atoms with E-state index in [1.165, 1.54) is 7.11 Å². The number of esters is 1. The first-order valence-electron chi connectivity index (χ1n) is 11.7. The van der Waals surface area contributed by atoms with Crippen LogP contribution in [0.2, 0.25) is 5.02 Å². The third-order valence-corrected chi connectivity index (χ3v) is 6.10. The molecule has 1 saturated heterocycles. The number of rotatable bonds is 8. The Labute approximate surface area is 211 Å². The van der Waals surface area contributed by atoms with E-state index in [1.54, 1.807) is 36.2 Å². The lowest BCUT2D eigenvalue weighted by Crippen LogP contribution is -2.30. The summed E-state index contributed by atoms with van der Waals surface area (Å²) in [5.74, 6) is 0.731. The molecular formula is C25H34ClN5O4. The Morgan fingerprint density at radius 1 is 1.37 bits per heavy atom. The number of nitrogens with zero attached hydrogens (tertiary/aromatic N) is 2. The standard InChI is InChI=1S/C25H34ClN5O4/c1-15(2)14-35-18-8-10-31(13-18)24(32)19-6-5-17(12-21(19)26)30-22(27)20-11-16(25(33)34-4)7-9-29-23(20)28-3/h5-6,11-12,15,18,28-29H,7-10,13-14H2,1-4H3,(H2,27,30)/t18-/m1/s1. The maximum absolute atomic E-state index is 13.0. The van der Waals surface area contributed by atoms with Gasteiger partial charge in [-0.05, 0) is 43.0 Å². The van der Waals surface area contributed by atoms with Crippen molar-refractivity contribution in [1.29, 1.82) is 0 Å². The van der Waals surface area contributed by atoms with Gasteiger partial charge in [-0.1, -0.05) is 25.4 Å². The summed E-state index contributed by atoms with van der Waals surface area (Å²) in [7, 11) is 3.09. The summed E-state index contributed by atoms with van der Waals surface area (Å²) in [5, 5.41) is 6.55. The summed E-state index contributed by atoms with van der Waals surface area (Å²) in [4.78, 5) is 31.4. The van der Waals surface area contributed by atoms with Crippen molar-refractivity contribution in [3.63, 3.8) is 0 Å². The van der Waals surface area contributed by atoms with Crippen molar-refractivity contribution >= 4 is 35.0 Å². The van der Waals surface area contributed by atoms with Gasteiger partial charge < -0.3 is 30.7 Å². The predicted octanol–water partition coefficient (Wildman–Crippen LogP) is 2.74. The second-order valence-corrected chi connectivity index (χ2v) is 9.33. The first-order chi connectivity index (χ1) is 16.7. The Hall–Kier alpha value is -3.04. The number of carbonyl (C=O) groups excluding carboxylic acids is 2. The molecule has 1 fully saturated rings. The average molecular weight is 504 g/mol. The third kappa shape index (κ3) is 6.76. The molecule has 190 valence electrons. The van der Waals surface area contributed by atoms with Crippen LogP contribution < -0.4 is 16.4 Å². The van der Waals surface area contributed by atoms with Crippen LogP contribution in [0.3, 0.4) is 0 Å². The summed E-state index contributed by atoms with van der Waals surface area (Å²) in [6.07, 6.45) is 3.01. The molecule has 0 aromatic heterocycles. The molecule has 1 aromatic rings. The number of nitrogens with two attached hydrogens (primary N) is 1. The van der Waals surface area contributed by atoms with Crippen molar-refractivity contribution in [1.82, 2.24) is 15.5 Å². The molecule has 2 aliphatic heterocycles. The van der Waals surface area contributed by atoms with Gasteiger partial charge in [0.2, 0.25) is 0 Å². The van der Waals surface area contributed by atoms with E-state index in [0.29, 0.717) is 71.8 Å². The van der Waals surface area contributed by atoms with Crippen LogP contribution in [-0.4, -0.2) is 69.1 Å². The number of carbonyl (C=O) groups is 2. The number of amidine groups is 1. The topological polar surface area (TPSA) is 118 Å². The van der Waals surface area contributed by atoms with Gasteiger partial charge in [0, 0.05) is 38.9 Å². The third-order valence-electron chi connectivity index (χ3n) is 5.79. The van der Waals surface area contributed by atoms with Gasteiger partial charge >= 0.3 is 5.97 Å². The van der Waals surface area contributed by atoms with E-state index in [0.717, 1.165) is 6.42 Å². The Morgan fingerprint density at radius 3 is 2.80 bits per heavy atom. The lowest BCUT2D eigenvalue weighted by Gasteiger charge is -2.18. The second-order valence-electron chi connectivity index (χ2n) is 8.93. The van der Waals surface area contributed by atoms with E-state index in [1.807, 2.05) is 0 Å². The van der Waals surface area contributed by atoms with Crippen molar-refractivity contribution in [2.45, 2.75) is 32.8 Å². The van der Waals surface area contributed by atoms with Crippen LogP contribution in [-0.2, 0) is 14.3 Å². The highest BCUT2D eigenvalue weighted by Crippen LogP contribution is 2.27. The minimum Gasteiger partial charge on any atom is -0.466 e. The fourth-order valence-corrected chi connectivity index (χ4v) is 4.20. The van der Waals surface area contributed by atoms with Crippen molar-refractivity contribution in [3.05, 3.63) is 51.8 Å². The molecule has 2 aliphatic rings. The molecule has 0 radical (unpaired) electrons. The zero-order chi connectivity index (χ0) is 25.5. The number of likely N-dealkylation sites (tertiary alicyclic amines) is 1. The summed E-state index contributed by atoms with van der Waals surface area (Å²) in [6, 6.07) is 4.97. The Morgan fingerprint density at radius 2 is 2.14 bits per heavy atom. The molecule has 0 bridgehead atoms. The zero-order valence-electron chi connectivity index (χ0n) is 20.7. The van der Waals surface area contributed by atoms with Gasteiger partial charge in [0.1, 0.15) is 11.7 Å². The highest BCUT2D eigenvalue weighted by molar-refractivity contribution is 6.34. The molecule has 0 saturated carbocycles. The summed E-state index contributed by atoms with van der Waals surface area (Å²) < 4.78 is 10.7. The number of benzene rings is 1. The minimum atomic E-state index is -0.417. The maximum atomic E-state index is 13.0. The molecule has 35 heavy (non-hydrogen) atoms. The van der Waals surface area contributed by atoms with Crippen LogP contribution in [0.1, 0.15) is 37.0 Å². The Bertz CT molecular complexity index is 1050. The van der Waals surface area contributed by atoms with Gasteiger partial charge in [-0.2, -0.15) is 0 Å². The van der Waals surface area contributed by atoms with E-state index in [2.05, 4.69) is 29.5 Å². The number of hydrogen-bond acceptors (Lipinski definition) is 7. The van der Waals surface area contributed by atoms with Crippen LogP contribution in [0, 0.1) is 5.92 Å². The molecule has 4 N–H and O–H groups in total. The van der Waals surface area contributed by atoms with E-state index in [-0.39, 0.29) is 17.8 Å². The summed E-state index contributed by atoms with van der Waals surface area (Å²) in [5.41, 5.74) is 8.23. The van der Waals surface area contributed by atoms with E-state index in [9.17, 15) is 9.59 Å². The normalized spacial score (nSPS) is 18.8. The summed E-state index contributed by atoms with van der Waals surface area (Å²) in [6.45, 7) is 6.61. The largest absolute Gasteiger partial charge is 0.466 e. The van der Waals surface area contributed by atoms with Crippen LogP contribution >= 0.6 is 11.6 Å². The smallest absolute Gasteiger partial charge is 0.333 e. The van der Waals surface area contributed by atoms with E-state index in [4.69, 9.17) is 26.8 Å². The quantitative estimate of drug-likeness (QED) is 0.283. The molecule has 2 heterocycles. The fraction of sp³-hybridized carbons (Fsp3) is 0.480. The number of nitrogens with one attached hydrogen (secondary N) is 2.